The van der Waals surface area contributed by atoms with Crippen molar-refractivity contribution in [3.8, 4) is 0 Å². The normalized spacial score (nSPS) is 15.3. The van der Waals surface area contributed by atoms with Crippen molar-refractivity contribution >= 4 is 50.7 Å². The maximum Gasteiger partial charge on any atom is 0.310 e. The van der Waals surface area contributed by atoms with Gasteiger partial charge in [-0.05, 0) is 65.5 Å². The predicted octanol–water partition coefficient (Wildman–Crippen LogP) is 3.93. The topological polar surface area (TPSA) is 102 Å². The van der Waals surface area contributed by atoms with Crippen LogP contribution >= 0.6 is 27.3 Å². The molecule has 0 atom stereocenters. The number of aromatic nitrogens is 1. The number of hydrogen-bond acceptors (Lipinski definition) is 6. The van der Waals surface area contributed by atoms with Crippen molar-refractivity contribution in [1.29, 1.82) is 0 Å². The van der Waals surface area contributed by atoms with E-state index in [0.717, 1.165) is 25.9 Å². The highest BCUT2D eigenvalue weighted by Crippen LogP contribution is 2.26. The average molecular weight is 537 g/mol. The first kappa shape index (κ1) is 25.3. The van der Waals surface area contributed by atoms with Crippen molar-refractivity contribution in [1.82, 2.24) is 9.88 Å². The molecular formula is C23H29BrN4O4S. The molecule has 2 aromatic rings. The van der Waals surface area contributed by atoms with E-state index in [1.165, 1.54) is 11.3 Å². The van der Waals surface area contributed by atoms with E-state index in [0.29, 0.717) is 26.9 Å². The Labute approximate surface area is 205 Å². The fraction of sp³-hybridized carbons (Fsp3) is 0.478. The van der Waals surface area contributed by atoms with Crippen molar-refractivity contribution in [2.75, 3.05) is 18.4 Å². The third-order valence-corrected chi connectivity index (χ3v) is 6.51. The zero-order valence-corrected chi connectivity index (χ0v) is 21.4. The number of halogens is 1. The van der Waals surface area contributed by atoms with Gasteiger partial charge in [0, 0.05) is 28.0 Å². The summed E-state index contributed by atoms with van der Waals surface area (Å²) < 4.78 is 7.68. The predicted molar refractivity (Wildman–Crippen MR) is 131 cm³/mol. The molecule has 2 amide bonds. The molecule has 8 nitrogen and oxygen atoms in total. The summed E-state index contributed by atoms with van der Waals surface area (Å²) in [7, 11) is 0. The van der Waals surface area contributed by atoms with Crippen molar-refractivity contribution in [3.63, 3.8) is 0 Å². The number of anilines is 1. The summed E-state index contributed by atoms with van der Waals surface area (Å²) in [5.41, 5.74) is 0.850. The van der Waals surface area contributed by atoms with Gasteiger partial charge in [-0.2, -0.15) is 4.99 Å². The van der Waals surface area contributed by atoms with Crippen molar-refractivity contribution < 1.29 is 19.1 Å². The molecule has 0 spiro atoms. The second-order valence-corrected chi connectivity index (χ2v) is 10.9. The SMILES string of the molecule is CC(C)(C)CC(=O)Nc1ccc(C(=O)N=c2sccn2COC(=O)C2CCNCC2)cc1Br. The first-order chi connectivity index (χ1) is 15.6. The van der Waals surface area contributed by atoms with Gasteiger partial charge in [-0.15, -0.1) is 11.3 Å². The number of nitrogens with one attached hydrogen (secondary N) is 2. The van der Waals surface area contributed by atoms with Gasteiger partial charge in [0.25, 0.3) is 5.91 Å². The van der Waals surface area contributed by atoms with Gasteiger partial charge in [0.05, 0.1) is 11.6 Å². The molecule has 0 saturated carbocycles. The minimum Gasteiger partial charge on any atom is -0.444 e. The maximum absolute atomic E-state index is 12.7. The van der Waals surface area contributed by atoms with E-state index in [1.54, 1.807) is 34.3 Å². The van der Waals surface area contributed by atoms with Crippen LogP contribution in [0.5, 0.6) is 0 Å². The molecule has 1 aromatic heterocycles. The molecule has 2 N–H and O–H groups in total. The molecule has 178 valence electrons. The zero-order chi connectivity index (χ0) is 24.0. The summed E-state index contributed by atoms with van der Waals surface area (Å²) in [6.07, 6.45) is 3.65. The van der Waals surface area contributed by atoms with Gasteiger partial charge in [-0.3, -0.25) is 19.0 Å². The fourth-order valence-electron chi connectivity index (χ4n) is 3.37. The molecule has 1 aliphatic rings. The van der Waals surface area contributed by atoms with E-state index in [4.69, 9.17) is 4.74 Å². The number of carbonyl (C=O) groups excluding carboxylic acids is 3. The van der Waals surface area contributed by atoms with E-state index in [1.807, 2.05) is 20.8 Å². The third kappa shape index (κ3) is 7.62. The van der Waals surface area contributed by atoms with E-state index < -0.39 is 5.91 Å². The Morgan fingerprint density at radius 1 is 1.27 bits per heavy atom. The molecular weight excluding hydrogens is 508 g/mol. The highest BCUT2D eigenvalue weighted by atomic mass is 79.9. The summed E-state index contributed by atoms with van der Waals surface area (Å²) in [6.45, 7) is 7.63. The van der Waals surface area contributed by atoms with Crippen molar-refractivity contribution in [3.05, 3.63) is 44.6 Å². The van der Waals surface area contributed by atoms with Gasteiger partial charge >= 0.3 is 5.97 Å². The standard InChI is InChI=1S/C23H29BrN4O4S/c1-23(2,3)13-19(29)26-18-5-4-16(12-17(18)24)20(30)27-22-28(10-11-33-22)14-32-21(31)15-6-8-25-9-7-15/h4-5,10-12,15,25H,6-9,13-14H2,1-3H3,(H,26,29). The second-order valence-electron chi connectivity index (χ2n) is 9.17. The Bertz CT molecular complexity index is 1080. The minimum absolute atomic E-state index is 0.0147. The third-order valence-electron chi connectivity index (χ3n) is 5.06. The lowest BCUT2D eigenvalue weighted by molar-refractivity contribution is -0.153. The highest BCUT2D eigenvalue weighted by molar-refractivity contribution is 9.10. The Morgan fingerprint density at radius 2 is 2.00 bits per heavy atom. The van der Waals surface area contributed by atoms with Crippen molar-refractivity contribution in [2.45, 2.75) is 46.8 Å². The molecule has 0 unspecified atom stereocenters. The summed E-state index contributed by atoms with van der Waals surface area (Å²) in [6, 6.07) is 4.93. The average Bonchev–Trinajstić information content (AvgIpc) is 3.19. The molecule has 2 heterocycles. The van der Waals surface area contributed by atoms with Gasteiger partial charge in [-0.25, -0.2) is 0 Å². The number of hydrogen-bond donors (Lipinski definition) is 2. The number of benzene rings is 1. The van der Waals surface area contributed by atoms with Crippen LogP contribution in [0.1, 0.15) is 50.4 Å². The summed E-state index contributed by atoms with van der Waals surface area (Å²) in [4.78, 5) is 41.8. The largest absolute Gasteiger partial charge is 0.444 e. The van der Waals surface area contributed by atoms with Gasteiger partial charge in [0.15, 0.2) is 11.5 Å². The molecule has 33 heavy (non-hydrogen) atoms. The molecule has 10 heteroatoms. The Morgan fingerprint density at radius 3 is 2.67 bits per heavy atom. The molecule has 1 aliphatic heterocycles. The van der Waals surface area contributed by atoms with Crippen LogP contribution in [0.3, 0.4) is 0 Å². The van der Waals surface area contributed by atoms with Crippen LogP contribution in [0.15, 0.2) is 39.2 Å². The van der Waals surface area contributed by atoms with Crippen LogP contribution in [0.4, 0.5) is 5.69 Å². The number of nitrogens with zero attached hydrogens (tertiary/aromatic N) is 2. The molecule has 3 rings (SSSR count). The lowest BCUT2D eigenvalue weighted by Gasteiger charge is -2.20. The van der Waals surface area contributed by atoms with Crippen molar-refractivity contribution in [2.24, 2.45) is 16.3 Å². The van der Waals surface area contributed by atoms with Crippen LogP contribution < -0.4 is 15.4 Å². The first-order valence-electron chi connectivity index (χ1n) is 10.8. The number of esters is 1. The Kier molecular flexibility index (Phi) is 8.61. The van der Waals surface area contributed by atoms with Gasteiger partial charge in [0.1, 0.15) is 0 Å². The summed E-state index contributed by atoms with van der Waals surface area (Å²) in [5.74, 6) is -0.831. The minimum atomic E-state index is -0.427. The Hall–Kier alpha value is -2.30. The smallest absolute Gasteiger partial charge is 0.310 e. The number of ether oxygens (including phenoxy) is 1. The van der Waals surface area contributed by atoms with Gasteiger partial charge < -0.3 is 15.4 Å². The summed E-state index contributed by atoms with van der Waals surface area (Å²) >= 11 is 4.71. The number of amides is 2. The van der Waals surface area contributed by atoms with E-state index >= 15 is 0 Å². The highest BCUT2D eigenvalue weighted by Gasteiger charge is 2.22. The van der Waals surface area contributed by atoms with E-state index in [9.17, 15) is 14.4 Å². The fourth-order valence-corrected chi connectivity index (χ4v) is 4.56. The molecule has 0 aliphatic carbocycles. The number of carbonyl (C=O) groups is 3. The van der Waals surface area contributed by atoms with E-state index in [-0.39, 0.29) is 29.9 Å². The lowest BCUT2D eigenvalue weighted by atomic mass is 9.92. The molecule has 0 radical (unpaired) electrons. The number of thiazole rings is 1. The molecule has 1 saturated heterocycles. The Balaban J connectivity index is 1.65. The van der Waals surface area contributed by atoms with Crippen LogP contribution in [-0.4, -0.2) is 35.4 Å². The van der Waals surface area contributed by atoms with E-state index in [2.05, 4.69) is 31.6 Å². The molecule has 1 aromatic carbocycles. The number of rotatable bonds is 6. The van der Waals surface area contributed by atoms with Crippen LogP contribution in [0, 0.1) is 11.3 Å². The second kappa shape index (κ2) is 11.2. The van der Waals surface area contributed by atoms with Crippen LogP contribution in [-0.2, 0) is 21.1 Å². The van der Waals surface area contributed by atoms with Gasteiger partial charge in [0.2, 0.25) is 5.91 Å². The zero-order valence-electron chi connectivity index (χ0n) is 19.0. The number of piperidine rings is 1. The van der Waals surface area contributed by atoms with Gasteiger partial charge in [-0.1, -0.05) is 20.8 Å². The maximum atomic E-state index is 12.7. The quantitative estimate of drug-likeness (QED) is 0.544. The summed E-state index contributed by atoms with van der Waals surface area (Å²) in [5, 5.41) is 7.87. The molecule has 0 bridgehead atoms. The van der Waals surface area contributed by atoms with Crippen LogP contribution in [0.2, 0.25) is 0 Å². The first-order valence-corrected chi connectivity index (χ1v) is 12.5. The monoisotopic (exact) mass is 536 g/mol. The molecule has 1 fully saturated rings. The van der Waals surface area contributed by atoms with Crippen LogP contribution in [0.25, 0.3) is 0 Å². The lowest BCUT2D eigenvalue weighted by Crippen LogP contribution is -2.33.